The van der Waals surface area contributed by atoms with E-state index in [9.17, 15) is 9.59 Å². The Morgan fingerprint density at radius 2 is 1.30 bits per heavy atom. The maximum Gasteiger partial charge on any atom is 0.197 e. The zero-order valence-corrected chi connectivity index (χ0v) is 24.4. The molecule has 0 radical (unpaired) electrons. The number of allylic oxidation sites excluding steroid dienone is 1. The van der Waals surface area contributed by atoms with Crippen LogP contribution in [-0.4, -0.2) is 20.3 Å². The van der Waals surface area contributed by atoms with Gasteiger partial charge in [0.2, 0.25) is 0 Å². The molecule has 6 heteroatoms. The van der Waals surface area contributed by atoms with Crippen LogP contribution in [-0.2, 0) is 5.41 Å². The molecule has 2 heterocycles. The van der Waals surface area contributed by atoms with Crippen LogP contribution < -0.4 is 4.90 Å². The number of ketones is 2. The normalized spacial score (nSPS) is 14.9. The molecule has 0 fully saturated rings. The van der Waals surface area contributed by atoms with Crippen LogP contribution in [0.1, 0.15) is 51.3 Å². The van der Waals surface area contributed by atoms with Crippen LogP contribution in [0.5, 0.6) is 0 Å². The van der Waals surface area contributed by atoms with Crippen molar-refractivity contribution in [2.75, 3.05) is 4.90 Å². The van der Waals surface area contributed by atoms with E-state index in [0.29, 0.717) is 22.2 Å². The fourth-order valence-corrected chi connectivity index (χ4v) is 7.10. The summed E-state index contributed by atoms with van der Waals surface area (Å²) in [4.78, 5) is 28.5. The van der Waals surface area contributed by atoms with Crippen molar-refractivity contribution < 1.29 is 9.59 Å². The zero-order chi connectivity index (χ0) is 29.3. The van der Waals surface area contributed by atoms with Gasteiger partial charge in [0, 0.05) is 33.4 Å². The number of hydrogen-bond acceptors (Lipinski definition) is 6. The summed E-state index contributed by atoms with van der Waals surface area (Å²) < 4.78 is 9.27. The van der Waals surface area contributed by atoms with Gasteiger partial charge in [-0.3, -0.25) is 9.59 Å². The number of carbonyl (C=O) groups excluding carboxylic acids is 2. The van der Waals surface area contributed by atoms with Crippen LogP contribution in [0, 0.1) is 0 Å². The third-order valence-corrected chi connectivity index (χ3v) is 9.23. The summed E-state index contributed by atoms with van der Waals surface area (Å²) in [6.45, 7) is 4.55. The smallest absolute Gasteiger partial charge is 0.197 e. The van der Waals surface area contributed by atoms with Gasteiger partial charge in [-0.25, -0.2) is 0 Å². The maximum absolute atomic E-state index is 13.1. The molecule has 1 aliphatic carbocycles. The lowest BCUT2D eigenvalue weighted by Gasteiger charge is -2.42. The summed E-state index contributed by atoms with van der Waals surface area (Å²) in [5.74, 6) is -0.498. The quantitative estimate of drug-likeness (QED) is 0.156. The van der Waals surface area contributed by atoms with Crippen LogP contribution in [0.2, 0.25) is 0 Å². The molecular formula is C37H25N3O2S. The lowest BCUT2D eigenvalue weighted by molar-refractivity contribution is 0.0990. The molecule has 0 amide bonds. The number of nitrogens with zero attached hydrogens (tertiary/aromatic N) is 3. The summed E-state index contributed by atoms with van der Waals surface area (Å²) in [7, 11) is 0. The maximum atomic E-state index is 13.1. The first kappa shape index (κ1) is 25.5. The van der Waals surface area contributed by atoms with Gasteiger partial charge in [-0.05, 0) is 53.1 Å². The molecule has 1 aliphatic heterocycles. The standard InChI is InChI=1S/C37H25N3O2S/c1-37(2)29-14-8-9-15-31(29)40(24-10-4-3-5-11-24)32-19-17-22(21-30(32)37)25-18-16-23(33-34(25)39-43-38-33)20-28-35(41)26-12-6-7-13-27(26)36(28)42/h3-21H,1-2H3. The number of rotatable bonds is 3. The van der Waals surface area contributed by atoms with Gasteiger partial charge in [0.1, 0.15) is 11.0 Å². The predicted octanol–water partition coefficient (Wildman–Crippen LogP) is 8.93. The van der Waals surface area contributed by atoms with Crippen molar-refractivity contribution in [1.82, 2.24) is 8.75 Å². The highest BCUT2D eigenvalue weighted by Crippen LogP contribution is 2.52. The molecule has 43 heavy (non-hydrogen) atoms. The third kappa shape index (κ3) is 3.76. The van der Waals surface area contributed by atoms with Crippen LogP contribution in [0.4, 0.5) is 17.1 Å². The largest absolute Gasteiger partial charge is 0.310 e. The van der Waals surface area contributed by atoms with E-state index in [1.807, 2.05) is 18.2 Å². The van der Waals surface area contributed by atoms with Gasteiger partial charge in [-0.15, -0.1) is 0 Å². The Labute approximate surface area is 253 Å². The van der Waals surface area contributed by atoms with Gasteiger partial charge in [-0.2, -0.15) is 8.75 Å². The molecule has 0 atom stereocenters. The van der Waals surface area contributed by atoms with E-state index in [2.05, 4.69) is 94.2 Å². The van der Waals surface area contributed by atoms with Crippen molar-refractivity contribution in [2.45, 2.75) is 19.3 Å². The molecule has 1 aromatic heterocycles. The molecule has 0 unspecified atom stereocenters. The molecule has 5 aromatic carbocycles. The van der Waals surface area contributed by atoms with E-state index >= 15 is 0 Å². The minimum atomic E-state index is -0.249. The van der Waals surface area contributed by atoms with Crippen LogP contribution >= 0.6 is 11.7 Å². The zero-order valence-electron chi connectivity index (χ0n) is 23.5. The van der Waals surface area contributed by atoms with Gasteiger partial charge in [0.25, 0.3) is 0 Å². The second kappa shape index (κ2) is 9.41. The number of Topliss-reactive ketones (excluding diaryl/α,β-unsaturated/α-hetero) is 2. The highest BCUT2D eigenvalue weighted by atomic mass is 32.1. The monoisotopic (exact) mass is 575 g/mol. The number of benzene rings is 5. The Balaban J connectivity index is 1.26. The SMILES string of the molecule is CC1(C)c2ccccc2N(c2ccccc2)c2ccc(-c3ccc(C=C4C(=O)c5ccccc5C4=O)c4nsnc34)cc21. The average molecular weight is 576 g/mol. The van der Waals surface area contributed by atoms with Gasteiger partial charge in [0.15, 0.2) is 11.6 Å². The Morgan fingerprint density at radius 1 is 0.651 bits per heavy atom. The molecule has 2 aliphatic rings. The summed E-state index contributed by atoms with van der Waals surface area (Å²) in [5, 5.41) is 0. The predicted molar refractivity (Wildman–Crippen MR) is 173 cm³/mol. The van der Waals surface area contributed by atoms with Gasteiger partial charge < -0.3 is 4.90 Å². The molecule has 6 aromatic rings. The highest BCUT2D eigenvalue weighted by molar-refractivity contribution is 7.00. The number of anilines is 3. The van der Waals surface area contributed by atoms with Crippen LogP contribution in [0.15, 0.2) is 115 Å². The Hall–Kier alpha value is -5.20. The number of aromatic nitrogens is 2. The first-order valence-electron chi connectivity index (χ1n) is 14.2. The van der Waals surface area contributed by atoms with Crippen molar-refractivity contribution in [1.29, 1.82) is 0 Å². The lowest BCUT2D eigenvalue weighted by Crippen LogP contribution is -2.30. The van der Waals surface area contributed by atoms with Crippen molar-refractivity contribution in [2.24, 2.45) is 0 Å². The fraction of sp³-hybridized carbons (Fsp3) is 0.0811. The molecule has 0 saturated heterocycles. The molecule has 5 nitrogen and oxygen atoms in total. The third-order valence-electron chi connectivity index (χ3n) is 8.71. The summed E-state index contributed by atoms with van der Waals surface area (Å²) >= 11 is 1.13. The van der Waals surface area contributed by atoms with Gasteiger partial charge in [0.05, 0.1) is 28.7 Å². The summed E-state index contributed by atoms with van der Waals surface area (Å²) in [5.41, 5.74) is 10.9. The van der Waals surface area contributed by atoms with Crippen molar-refractivity contribution in [3.8, 4) is 11.1 Å². The average Bonchev–Trinajstić information content (AvgIpc) is 3.62. The first-order valence-corrected chi connectivity index (χ1v) is 14.9. The van der Waals surface area contributed by atoms with Crippen LogP contribution in [0.25, 0.3) is 28.2 Å². The van der Waals surface area contributed by atoms with Crippen molar-refractivity contribution in [3.05, 3.63) is 143 Å². The number of hydrogen-bond donors (Lipinski definition) is 0. The van der Waals surface area contributed by atoms with Gasteiger partial charge >= 0.3 is 0 Å². The van der Waals surface area contributed by atoms with E-state index in [0.717, 1.165) is 39.7 Å². The fourth-order valence-electron chi connectivity index (χ4n) is 6.52. The molecule has 8 rings (SSSR count). The highest BCUT2D eigenvalue weighted by Gasteiger charge is 2.37. The van der Waals surface area contributed by atoms with E-state index in [1.54, 1.807) is 30.3 Å². The molecular weight excluding hydrogens is 550 g/mol. The van der Waals surface area contributed by atoms with E-state index in [4.69, 9.17) is 0 Å². The minimum Gasteiger partial charge on any atom is -0.310 e. The molecule has 0 spiro atoms. The second-order valence-electron chi connectivity index (χ2n) is 11.5. The van der Waals surface area contributed by atoms with Crippen LogP contribution in [0.3, 0.4) is 0 Å². The Morgan fingerprint density at radius 3 is 2.07 bits per heavy atom. The molecule has 0 N–H and O–H groups in total. The summed E-state index contributed by atoms with van der Waals surface area (Å²) in [6, 6.07) is 36.6. The lowest BCUT2D eigenvalue weighted by atomic mass is 9.73. The number of carbonyl (C=O) groups is 2. The van der Waals surface area contributed by atoms with Crippen molar-refractivity contribution >= 4 is 57.5 Å². The topological polar surface area (TPSA) is 63.2 Å². The van der Waals surface area contributed by atoms with Crippen molar-refractivity contribution in [3.63, 3.8) is 0 Å². The second-order valence-corrected chi connectivity index (χ2v) is 12.0. The minimum absolute atomic E-state index is 0.165. The Bertz CT molecular complexity index is 2120. The number of para-hydroxylation sites is 2. The molecule has 0 saturated carbocycles. The van der Waals surface area contributed by atoms with E-state index < -0.39 is 0 Å². The molecule has 0 bridgehead atoms. The first-order chi connectivity index (χ1) is 20.9. The van der Waals surface area contributed by atoms with E-state index in [1.165, 1.54) is 16.8 Å². The Kier molecular flexibility index (Phi) is 5.58. The van der Waals surface area contributed by atoms with E-state index in [-0.39, 0.29) is 22.6 Å². The summed E-state index contributed by atoms with van der Waals surface area (Å²) in [6.07, 6.45) is 1.67. The van der Waals surface area contributed by atoms with Gasteiger partial charge in [-0.1, -0.05) is 92.7 Å². The number of fused-ring (bicyclic) bond motifs is 4. The molecule has 206 valence electrons.